The van der Waals surface area contributed by atoms with E-state index in [0.717, 1.165) is 12.3 Å². The minimum absolute atomic E-state index is 0.178. The first-order chi connectivity index (χ1) is 17.4. The Bertz CT molecular complexity index is 1520. The molecular weight excluding hydrogens is 557 g/mol. The number of sulfone groups is 2. The minimum atomic E-state index is -5.35. The number of nitrogens with zero attached hydrogens (tertiary/aromatic N) is 1. The lowest BCUT2D eigenvalue weighted by Crippen LogP contribution is -2.67. The van der Waals surface area contributed by atoms with Crippen LogP contribution in [0.1, 0.15) is 30.0 Å². The van der Waals surface area contributed by atoms with Crippen LogP contribution in [0.3, 0.4) is 0 Å². The number of halogens is 5. The van der Waals surface area contributed by atoms with Gasteiger partial charge >= 0.3 is 6.18 Å². The third-order valence-electron chi connectivity index (χ3n) is 6.38. The fourth-order valence-corrected chi connectivity index (χ4v) is 7.40. The normalized spacial score (nSPS) is 17.7. The summed E-state index contributed by atoms with van der Waals surface area (Å²) < 4.78 is 121. The van der Waals surface area contributed by atoms with E-state index in [0.29, 0.717) is 12.1 Å². The number of carbonyl (C=O) groups excluding carboxylic acids is 1. The standard InChI is InChI=1S/C23H22F5N3O5S2/c1-37(33,34)18-5-3-2-4-14(18)11-38(35,36)13-22(20(30)32,21(12-29)8-9-21)31-19(23(26,27)28)16-7-6-15(24)10-17(16)25/h2-7,10,19,31H,8-9,11,13H2,1H3,(H2,30,32)/t19-,22+/m1/s1. The zero-order valence-electron chi connectivity index (χ0n) is 19.7. The van der Waals surface area contributed by atoms with Crippen molar-refractivity contribution in [2.45, 2.75) is 41.2 Å². The van der Waals surface area contributed by atoms with Gasteiger partial charge in [0.15, 0.2) is 19.7 Å². The number of amides is 1. The zero-order valence-corrected chi connectivity index (χ0v) is 21.4. The molecule has 1 fully saturated rings. The van der Waals surface area contributed by atoms with Crippen molar-refractivity contribution in [2.24, 2.45) is 11.1 Å². The highest BCUT2D eigenvalue weighted by molar-refractivity contribution is 7.91. The van der Waals surface area contributed by atoms with Gasteiger partial charge in [-0.2, -0.15) is 18.4 Å². The van der Waals surface area contributed by atoms with Crippen molar-refractivity contribution < 1.29 is 43.6 Å². The summed E-state index contributed by atoms with van der Waals surface area (Å²) >= 11 is 0. The molecule has 2 aromatic rings. The van der Waals surface area contributed by atoms with E-state index in [2.05, 4.69) is 0 Å². The van der Waals surface area contributed by atoms with Gasteiger partial charge in [0, 0.05) is 17.9 Å². The molecule has 0 radical (unpaired) electrons. The molecule has 38 heavy (non-hydrogen) atoms. The van der Waals surface area contributed by atoms with Gasteiger partial charge in [0.2, 0.25) is 5.91 Å². The molecule has 0 heterocycles. The monoisotopic (exact) mass is 579 g/mol. The second-order valence-electron chi connectivity index (χ2n) is 9.16. The molecule has 3 rings (SSSR count). The number of carbonyl (C=O) groups is 1. The van der Waals surface area contributed by atoms with Crippen molar-refractivity contribution >= 4 is 25.6 Å². The maximum absolute atomic E-state index is 14.4. The summed E-state index contributed by atoms with van der Waals surface area (Å²) in [6.45, 7) is 0. The Morgan fingerprint density at radius 1 is 1.13 bits per heavy atom. The minimum Gasteiger partial charge on any atom is -0.368 e. The molecule has 0 saturated heterocycles. The third-order valence-corrected chi connectivity index (χ3v) is 9.20. The SMILES string of the molecule is CS(=O)(=O)c1ccccc1CS(=O)(=O)C[C@](N[C@H](c1ccc(F)cc1F)C(F)(F)F)(C(N)=O)C1(C#N)CC1. The van der Waals surface area contributed by atoms with E-state index in [9.17, 15) is 48.8 Å². The topological polar surface area (TPSA) is 147 Å². The molecule has 1 aliphatic carbocycles. The van der Waals surface area contributed by atoms with Gasteiger partial charge in [0.25, 0.3) is 0 Å². The second kappa shape index (κ2) is 9.90. The fraction of sp³-hybridized carbons (Fsp3) is 0.391. The first-order valence-corrected chi connectivity index (χ1v) is 14.6. The number of benzene rings is 2. The van der Waals surface area contributed by atoms with Crippen LogP contribution in [0.5, 0.6) is 0 Å². The van der Waals surface area contributed by atoms with Crippen molar-refractivity contribution in [2.75, 3.05) is 12.0 Å². The molecule has 0 aromatic heterocycles. The number of nitriles is 1. The second-order valence-corrected chi connectivity index (χ2v) is 13.2. The van der Waals surface area contributed by atoms with Gasteiger partial charge < -0.3 is 5.73 Å². The third kappa shape index (κ3) is 5.82. The lowest BCUT2D eigenvalue weighted by Gasteiger charge is -2.39. The molecule has 3 N–H and O–H groups in total. The van der Waals surface area contributed by atoms with Crippen LogP contribution in [0.15, 0.2) is 47.4 Å². The van der Waals surface area contributed by atoms with Crippen LogP contribution in [-0.4, -0.2) is 46.5 Å². The number of nitrogens with two attached hydrogens (primary N) is 1. The van der Waals surface area contributed by atoms with Gasteiger partial charge in [-0.3, -0.25) is 10.1 Å². The fourth-order valence-electron chi connectivity index (χ4n) is 4.38. The van der Waals surface area contributed by atoms with Gasteiger partial charge in [0.1, 0.15) is 23.2 Å². The lowest BCUT2D eigenvalue weighted by atomic mass is 9.81. The summed E-state index contributed by atoms with van der Waals surface area (Å²) in [7, 11) is -8.58. The summed E-state index contributed by atoms with van der Waals surface area (Å²) in [4.78, 5) is 12.4. The smallest absolute Gasteiger partial charge is 0.368 e. The van der Waals surface area contributed by atoms with Crippen molar-refractivity contribution in [3.63, 3.8) is 0 Å². The van der Waals surface area contributed by atoms with E-state index in [-0.39, 0.29) is 29.4 Å². The van der Waals surface area contributed by atoms with Crippen molar-refractivity contribution in [3.8, 4) is 6.07 Å². The van der Waals surface area contributed by atoms with Gasteiger partial charge in [-0.1, -0.05) is 24.3 Å². The maximum atomic E-state index is 14.4. The summed E-state index contributed by atoms with van der Waals surface area (Å²) in [5.74, 6) is -6.89. The molecule has 0 bridgehead atoms. The highest BCUT2D eigenvalue weighted by Crippen LogP contribution is 2.55. The van der Waals surface area contributed by atoms with Crippen molar-refractivity contribution in [3.05, 3.63) is 65.2 Å². The Morgan fingerprint density at radius 3 is 2.21 bits per heavy atom. The van der Waals surface area contributed by atoms with E-state index >= 15 is 0 Å². The molecule has 2 aromatic carbocycles. The van der Waals surface area contributed by atoms with Crippen LogP contribution >= 0.6 is 0 Å². The number of nitrogens with one attached hydrogen (secondary N) is 1. The molecule has 0 aliphatic heterocycles. The largest absolute Gasteiger partial charge is 0.408 e. The van der Waals surface area contributed by atoms with E-state index in [1.54, 1.807) is 6.07 Å². The predicted octanol–water partition coefficient (Wildman–Crippen LogP) is 2.70. The van der Waals surface area contributed by atoms with E-state index in [1.807, 2.05) is 5.32 Å². The Labute approximate surface area is 215 Å². The summed E-state index contributed by atoms with van der Waals surface area (Å²) in [5, 5.41) is 11.6. The van der Waals surface area contributed by atoms with Crippen LogP contribution in [-0.2, 0) is 30.2 Å². The summed E-state index contributed by atoms with van der Waals surface area (Å²) in [6.07, 6.45) is -4.93. The van der Waals surface area contributed by atoms with Crippen LogP contribution < -0.4 is 11.1 Å². The average molecular weight is 580 g/mol. The number of hydrogen-bond acceptors (Lipinski definition) is 7. The van der Waals surface area contributed by atoms with Crippen LogP contribution in [0, 0.1) is 28.4 Å². The van der Waals surface area contributed by atoms with Gasteiger partial charge in [0.05, 0.1) is 27.9 Å². The Balaban J connectivity index is 2.15. The highest BCUT2D eigenvalue weighted by atomic mass is 32.2. The zero-order chi connectivity index (χ0) is 28.7. The number of alkyl halides is 3. The molecule has 2 atom stereocenters. The predicted molar refractivity (Wildman–Crippen MR) is 125 cm³/mol. The van der Waals surface area contributed by atoms with Gasteiger partial charge in [-0.05, 0) is 30.5 Å². The van der Waals surface area contributed by atoms with Crippen LogP contribution in [0.4, 0.5) is 22.0 Å². The molecule has 15 heteroatoms. The molecular formula is C23H22F5N3O5S2. The Kier molecular flexibility index (Phi) is 7.68. The average Bonchev–Trinajstić information content (AvgIpc) is 3.57. The van der Waals surface area contributed by atoms with E-state index in [4.69, 9.17) is 5.73 Å². The molecule has 206 valence electrons. The Hall–Kier alpha value is -3.09. The molecule has 1 amide bonds. The van der Waals surface area contributed by atoms with Crippen molar-refractivity contribution in [1.82, 2.24) is 5.32 Å². The van der Waals surface area contributed by atoms with E-state index in [1.165, 1.54) is 18.2 Å². The summed E-state index contributed by atoms with van der Waals surface area (Å²) in [6, 6.07) is 4.81. The number of hydrogen-bond donors (Lipinski definition) is 2. The molecule has 1 aliphatic rings. The summed E-state index contributed by atoms with van der Waals surface area (Å²) in [5.41, 5.74) is -0.770. The Morgan fingerprint density at radius 2 is 1.74 bits per heavy atom. The molecule has 8 nitrogen and oxygen atoms in total. The molecule has 1 saturated carbocycles. The molecule has 0 unspecified atom stereocenters. The number of rotatable bonds is 10. The van der Waals surface area contributed by atoms with Crippen molar-refractivity contribution in [1.29, 1.82) is 5.26 Å². The van der Waals surface area contributed by atoms with Crippen LogP contribution in [0.2, 0.25) is 0 Å². The highest BCUT2D eigenvalue weighted by Gasteiger charge is 2.67. The van der Waals surface area contributed by atoms with Gasteiger partial charge in [-0.15, -0.1) is 0 Å². The van der Waals surface area contributed by atoms with Crippen LogP contribution in [0.25, 0.3) is 0 Å². The van der Waals surface area contributed by atoms with E-state index < -0.39 is 77.5 Å². The number of primary amides is 1. The quantitative estimate of drug-likeness (QED) is 0.412. The first-order valence-electron chi connectivity index (χ1n) is 10.9. The molecule has 0 spiro atoms. The van der Waals surface area contributed by atoms with Gasteiger partial charge in [-0.25, -0.2) is 25.6 Å². The lowest BCUT2D eigenvalue weighted by molar-refractivity contribution is -0.166. The maximum Gasteiger partial charge on any atom is 0.408 e. The first kappa shape index (κ1) is 29.5.